The predicted octanol–water partition coefficient (Wildman–Crippen LogP) is 10.9. The Bertz CT molecular complexity index is 2370. The van der Waals surface area contributed by atoms with E-state index < -0.39 is 0 Å². The average Bonchev–Trinajstić information content (AvgIpc) is 3.99. The molecular formula is C49H49IrN8. The molecule has 0 aliphatic carbocycles. The van der Waals surface area contributed by atoms with Crippen molar-refractivity contribution in [3.8, 4) is 67.8 Å². The molecule has 8 aromatic rings. The Morgan fingerprint density at radius 1 is 0.448 bits per heavy atom. The molecule has 6 heterocycles. The van der Waals surface area contributed by atoms with Gasteiger partial charge >= 0.3 is 20.1 Å². The molecule has 0 saturated carbocycles. The second-order valence-electron chi connectivity index (χ2n) is 16.1. The molecule has 9 heteroatoms. The molecule has 0 aliphatic heterocycles. The van der Waals surface area contributed by atoms with Crippen molar-refractivity contribution in [3.05, 3.63) is 150 Å². The van der Waals surface area contributed by atoms with Crippen LogP contribution in [-0.4, -0.2) is 25.1 Å². The Morgan fingerprint density at radius 3 is 1.17 bits per heavy atom. The first-order valence-corrected chi connectivity index (χ1v) is 19.7. The molecule has 8 rings (SSSR count). The summed E-state index contributed by atoms with van der Waals surface area (Å²) in [6, 6.07) is 38.5. The summed E-state index contributed by atoms with van der Waals surface area (Å²) in [4.78, 5) is 18.9. The molecule has 0 atom stereocenters. The van der Waals surface area contributed by atoms with Crippen LogP contribution in [0.15, 0.2) is 128 Å². The molecule has 0 unspecified atom stereocenters. The number of hydrogen-bond donors (Lipinski definition) is 0. The van der Waals surface area contributed by atoms with Gasteiger partial charge in [-0.2, -0.15) is 0 Å². The summed E-state index contributed by atoms with van der Waals surface area (Å²) in [7, 11) is 0. The average molecular weight is 942 g/mol. The van der Waals surface area contributed by atoms with Gasteiger partial charge < -0.3 is 25.4 Å². The predicted molar refractivity (Wildman–Crippen MR) is 231 cm³/mol. The van der Waals surface area contributed by atoms with E-state index in [2.05, 4.69) is 110 Å². The molecule has 2 aromatic carbocycles. The first-order chi connectivity index (χ1) is 27.5. The summed E-state index contributed by atoms with van der Waals surface area (Å²) in [5, 5.41) is 18.5. The van der Waals surface area contributed by atoms with Crippen molar-refractivity contribution in [3.63, 3.8) is 0 Å². The van der Waals surface area contributed by atoms with Gasteiger partial charge in [0.05, 0.1) is 11.4 Å². The number of pyridine rings is 3. The van der Waals surface area contributed by atoms with Gasteiger partial charge in [-0.15, -0.1) is 11.4 Å². The molecule has 294 valence electrons. The number of nitrogens with zero attached hydrogens (tertiary/aromatic N) is 8. The number of hydrogen-bond acceptors (Lipinski definition) is 5. The number of rotatable bonds is 8. The van der Waals surface area contributed by atoms with Crippen LogP contribution in [0.25, 0.3) is 67.8 Å². The summed E-state index contributed by atoms with van der Waals surface area (Å²) in [5.41, 5.74) is 15.4. The van der Waals surface area contributed by atoms with Crippen molar-refractivity contribution in [2.45, 2.75) is 79.1 Å². The maximum Gasteiger partial charge on any atom is 3.00 e. The maximum atomic E-state index is 5.07. The van der Waals surface area contributed by atoms with E-state index in [1.807, 2.05) is 103 Å². The molecule has 58 heavy (non-hydrogen) atoms. The van der Waals surface area contributed by atoms with Gasteiger partial charge in [-0.1, -0.05) is 157 Å². The minimum absolute atomic E-state index is 0. The van der Waals surface area contributed by atoms with Crippen molar-refractivity contribution in [1.29, 1.82) is 0 Å². The summed E-state index contributed by atoms with van der Waals surface area (Å²) >= 11 is 0. The van der Waals surface area contributed by atoms with E-state index in [1.165, 1.54) is 11.1 Å². The van der Waals surface area contributed by atoms with Gasteiger partial charge in [0.15, 0.2) is 0 Å². The van der Waals surface area contributed by atoms with Crippen molar-refractivity contribution in [1.82, 2.24) is 40.3 Å². The van der Waals surface area contributed by atoms with Crippen molar-refractivity contribution in [2.75, 3.05) is 0 Å². The summed E-state index contributed by atoms with van der Waals surface area (Å²) in [6.45, 7) is 17.3. The van der Waals surface area contributed by atoms with Crippen LogP contribution < -0.4 is 15.2 Å². The van der Waals surface area contributed by atoms with Gasteiger partial charge in [-0.3, -0.25) is 15.0 Å². The van der Waals surface area contributed by atoms with Gasteiger partial charge in [-0.25, -0.2) is 0 Å². The third-order valence-electron chi connectivity index (χ3n) is 9.91. The van der Waals surface area contributed by atoms with Gasteiger partial charge in [0.1, 0.15) is 0 Å². The third-order valence-corrected chi connectivity index (χ3v) is 9.91. The Hall–Kier alpha value is -5.76. The Balaban J connectivity index is 0.000000220. The van der Waals surface area contributed by atoms with Gasteiger partial charge in [0.2, 0.25) is 0 Å². The zero-order valence-corrected chi connectivity index (χ0v) is 36.8. The molecule has 0 fully saturated rings. The maximum absolute atomic E-state index is 5.07. The van der Waals surface area contributed by atoms with E-state index >= 15 is 0 Å². The van der Waals surface area contributed by atoms with Crippen molar-refractivity contribution in [2.24, 2.45) is 0 Å². The Kier molecular flexibility index (Phi) is 12.8. The fourth-order valence-corrected chi connectivity index (χ4v) is 7.21. The van der Waals surface area contributed by atoms with Gasteiger partial charge in [0.25, 0.3) is 0 Å². The second kappa shape index (κ2) is 17.8. The molecule has 6 aromatic heterocycles. The van der Waals surface area contributed by atoms with Crippen LogP contribution in [0, 0.1) is 0 Å². The van der Waals surface area contributed by atoms with E-state index in [0.29, 0.717) is 0 Å². The first kappa shape index (κ1) is 41.9. The summed E-state index contributed by atoms with van der Waals surface area (Å²) < 4.78 is 0. The van der Waals surface area contributed by atoms with E-state index in [4.69, 9.17) is 9.97 Å². The van der Waals surface area contributed by atoms with E-state index in [-0.39, 0.29) is 30.9 Å². The fraction of sp³-hybridized carbons (Fsp3) is 0.245. The molecular weight excluding hydrogens is 893 g/mol. The molecule has 0 radical (unpaired) electrons. The molecule has 0 bridgehead atoms. The standard InChI is InChI=1S/C31H31N5.C18H18N3.Ir/c1-30(2,3)28-24(20-14-9-7-10-15-20)26(33-35-28)22-18-13-19-23(32-22)27-25(21-16-11-8-12-17-21)29(36-34-27)31(4,5)6;1-3-13-14(4-2)18(16-10-6-8-12-20-16)21-17(13)15-9-5-7-11-19-15;/h7-19H,1-6H3;5-12H,3-4H2,1-2H3;/q-2;-1;+3. The monoisotopic (exact) mass is 942 g/mol. The molecule has 0 N–H and O–H groups in total. The van der Waals surface area contributed by atoms with Crippen molar-refractivity contribution >= 4 is 0 Å². The van der Waals surface area contributed by atoms with Crippen LogP contribution in [0.4, 0.5) is 0 Å². The van der Waals surface area contributed by atoms with Gasteiger partial charge in [-0.05, 0) is 71.5 Å². The molecule has 0 amide bonds. The fourth-order valence-electron chi connectivity index (χ4n) is 7.21. The molecule has 8 nitrogen and oxygen atoms in total. The smallest absolute Gasteiger partial charge is 0.654 e. The van der Waals surface area contributed by atoms with Gasteiger partial charge in [0, 0.05) is 46.0 Å². The van der Waals surface area contributed by atoms with Crippen LogP contribution in [0.5, 0.6) is 0 Å². The molecule has 0 saturated heterocycles. The zero-order chi connectivity index (χ0) is 40.2. The Labute approximate surface area is 355 Å². The van der Waals surface area contributed by atoms with Crippen LogP contribution >= 0.6 is 0 Å². The number of benzene rings is 2. The van der Waals surface area contributed by atoms with E-state index in [0.717, 1.165) is 92.0 Å². The van der Waals surface area contributed by atoms with E-state index in [1.54, 1.807) is 0 Å². The molecule has 0 aliphatic rings. The topological polar surface area (TPSA) is 107 Å². The van der Waals surface area contributed by atoms with Crippen LogP contribution in [-0.2, 0) is 43.8 Å². The van der Waals surface area contributed by atoms with E-state index in [9.17, 15) is 0 Å². The zero-order valence-electron chi connectivity index (χ0n) is 34.4. The van der Waals surface area contributed by atoms with Crippen LogP contribution in [0.3, 0.4) is 0 Å². The molecule has 0 spiro atoms. The SMILES string of the molecule is CC(C)(C)c1n[n-]c(-c2cccc(-c3[n-]nc(C(C)(C)C)c3-c3ccccc3)n2)c1-c1ccccc1.CCc1c(-c2ccccn2)[n-]c(-c2ccccn2)c1CC.[Ir+3]. The number of aromatic nitrogens is 8. The normalized spacial score (nSPS) is 11.4. The van der Waals surface area contributed by atoms with Crippen LogP contribution in [0.1, 0.15) is 77.9 Å². The summed E-state index contributed by atoms with van der Waals surface area (Å²) in [5.74, 6) is 0. The third kappa shape index (κ3) is 8.71. The van der Waals surface area contributed by atoms with Crippen molar-refractivity contribution < 1.29 is 20.1 Å². The Morgan fingerprint density at radius 2 is 0.828 bits per heavy atom. The quantitative estimate of drug-likeness (QED) is 0.148. The largest absolute Gasteiger partial charge is 3.00 e. The summed E-state index contributed by atoms with van der Waals surface area (Å²) in [6.07, 6.45) is 5.54. The first-order valence-electron chi connectivity index (χ1n) is 19.7. The minimum atomic E-state index is -0.159. The van der Waals surface area contributed by atoms with Crippen LogP contribution in [0.2, 0.25) is 0 Å². The minimum Gasteiger partial charge on any atom is -0.654 e. The second-order valence-corrected chi connectivity index (χ2v) is 16.1.